The maximum atomic E-state index is 12.1. The Bertz CT molecular complexity index is 436. The summed E-state index contributed by atoms with van der Waals surface area (Å²) < 4.78 is 0. The van der Waals surface area contributed by atoms with Crippen LogP contribution in [0.2, 0.25) is 0 Å². The lowest BCUT2D eigenvalue weighted by atomic mass is 9.93. The lowest BCUT2D eigenvalue weighted by Gasteiger charge is -2.15. The molecule has 1 aliphatic heterocycles. The molecule has 5 heteroatoms. The third-order valence-electron chi connectivity index (χ3n) is 3.32. The Hall–Kier alpha value is -0.940. The number of nitrogens with one attached hydrogen (secondary N) is 2. The van der Waals surface area contributed by atoms with Gasteiger partial charge in [0.1, 0.15) is 0 Å². The second-order valence-electron chi connectivity index (χ2n) is 5.97. The third kappa shape index (κ3) is 2.90. The van der Waals surface area contributed by atoms with Crippen LogP contribution in [0.25, 0.3) is 0 Å². The highest BCUT2D eigenvalue weighted by atomic mass is 32.1. The SMILES string of the molecule is CC1CCNC1C(=O)Nc1nc(C(C)(C)C)cs1. The summed E-state index contributed by atoms with van der Waals surface area (Å²) in [5.74, 6) is 0.432. The van der Waals surface area contributed by atoms with Crippen LogP contribution < -0.4 is 10.6 Å². The Morgan fingerprint density at radius 1 is 1.56 bits per heavy atom. The van der Waals surface area contributed by atoms with Crippen molar-refractivity contribution in [2.75, 3.05) is 11.9 Å². The van der Waals surface area contributed by atoms with Gasteiger partial charge in [-0.3, -0.25) is 4.79 Å². The zero-order valence-electron chi connectivity index (χ0n) is 11.4. The molecule has 2 N–H and O–H groups in total. The third-order valence-corrected chi connectivity index (χ3v) is 4.08. The molecular formula is C13H21N3OS. The minimum atomic E-state index is -0.0769. The molecule has 1 aromatic rings. The van der Waals surface area contributed by atoms with E-state index in [1.165, 1.54) is 11.3 Å². The van der Waals surface area contributed by atoms with Crippen molar-refractivity contribution in [1.29, 1.82) is 0 Å². The van der Waals surface area contributed by atoms with E-state index in [4.69, 9.17) is 0 Å². The lowest BCUT2D eigenvalue weighted by Crippen LogP contribution is -2.39. The second-order valence-corrected chi connectivity index (χ2v) is 6.83. The number of thiazole rings is 1. The molecule has 1 amide bonds. The number of hydrogen-bond acceptors (Lipinski definition) is 4. The molecule has 18 heavy (non-hydrogen) atoms. The number of hydrogen-bond donors (Lipinski definition) is 2. The fourth-order valence-electron chi connectivity index (χ4n) is 2.04. The Balaban J connectivity index is 2.01. The molecule has 1 fully saturated rings. The van der Waals surface area contributed by atoms with Gasteiger partial charge in [-0.2, -0.15) is 0 Å². The van der Waals surface area contributed by atoms with Crippen molar-refractivity contribution in [3.05, 3.63) is 11.1 Å². The summed E-state index contributed by atoms with van der Waals surface area (Å²) in [6, 6.07) is -0.0769. The van der Waals surface area contributed by atoms with Gasteiger partial charge in [0.15, 0.2) is 5.13 Å². The molecule has 1 aromatic heterocycles. The minimum Gasteiger partial charge on any atom is -0.306 e. The Morgan fingerprint density at radius 3 is 2.78 bits per heavy atom. The molecule has 0 aliphatic carbocycles. The fourth-order valence-corrected chi connectivity index (χ4v) is 2.98. The minimum absolute atomic E-state index is 0.0262. The van der Waals surface area contributed by atoms with E-state index in [0.717, 1.165) is 18.7 Å². The van der Waals surface area contributed by atoms with Gasteiger partial charge in [-0.05, 0) is 18.9 Å². The zero-order chi connectivity index (χ0) is 13.3. The van der Waals surface area contributed by atoms with Gasteiger partial charge in [0.25, 0.3) is 0 Å². The molecular weight excluding hydrogens is 246 g/mol. The molecule has 2 atom stereocenters. The largest absolute Gasteiger partial charge is 0.306 e. The first-order valence-corrected chi connectivity index (χ1v) is 7.26. The molecule has 2 unspecified atom stereocenters. The molecule has 4 nitrogen and oxygen atoms in total. The van der Waals surface area contributed by atoms with Crippen molar-refractivity contribution in [2.24, 2.45) is 5.92 Å². The van der Waals surface area contributed by atoms with Gasteiger partial charge in [-0.1, -0.05) is 27.7 Å². The van der Waals surface area contributed by atoms with E-state index in [0.29, 0.717) is 11.0 Å². The standard InChI is InChI=1S/C13H21N3OS/c1-8-5-6-14-10(8)11(17)16-12-15-9(7-18-12)13(2,3)4/h7-8,10,14H,5-6H2,1-4H3,(H,15,16,17). The van der Waals surface area contributed by atoms with Crippen molar-refractivity contribution in [3.8, 4) is 0 Å². The summed E-state index contributed by atoms with van der Waals surface area (Å²) in [5.41, 5.74) is 1.05. The highest BCUT2D eigenvalue weighted by Gasteiger charge is 2.29. The van der Waals surface area contributed by atoms with Crippen molar-refractivity contribution >= 4 is 22.4 Å². The van der Waals surface area contributed by atoms with Crippen molar-refractivity contribution in [1.82, 2.24) is 10.3 Å². The number of nitrogens with zero attached hydrogens (tertiary/aromatic N) is 1. The summed E-state index contributed by atoms with van der Waals surface area (Å²) in [6.07, 6.45) is 1.06. The highest BCUT2D eigenvalue weighted by Crippen LogP contribution is 2.26. The van der Waals surface area contributed by atoms with Crippen molar-refractivity contribution in [2.45, 2.75) is 45.6 Å². The van der Waals surface area contributed by atoms with Crippen molar-refractivity contribution < 1.29 is 4.79 Å². The summed E-state index contributed by atoms with van der Waals surface area (Å²) in [4.78, 5) is 16.6. The van der Waals surface area contributed by atoms with Crippen LogP contribution in [0.1, 0.15) is 39.8 Å². The van der Waals surface area contributed by atoms with Gasteiger partial charge in [0, 0.05) is 10.8 Å². The van der Waals surface area contributed by atoms with E-state index in [9.17, 15) is 4.79 Å². The van der Waals surface area contributed by atoms with Crippen molar-refractivity contribution in [3.63, 3.8) is 0 Å². The Labute approximate surface area is 112 Å². The monoisotopic (exact) mass is 267 g/mol. The number of anilines is 1. The average Bonchev–Trinajstić information content (AvgIpc) is 2.85. The molecule has 2 rings (SSSR count). The Morgan fingerprint density at radius 2 is 2.28 bits per heavy atom. The Kier molecular flexibility index (Phi) is 3.73. The number of carbonyl (C=O) groups is 1. The van der Waals surface area contributed by atoms with E-state index < -0.39 is 0 Å². The van der Waals surface area contributed by atoms with Gasteiger partial charge in [-0.15, -0.1) is 11.3 Å². The predicted molar refractivity (Wildman–Crippen MR) is 75.0 cm³/mol. The molecule has 0 bridgehead atoms. The molecule has 0 spiro atoms. The smallest absolute Gasteiger partial charge is 0.243 e. The summed E-state index contributed by atoms with van der Waals surface area (Å²) in [6.45, 7) is 9.38. The lowest BCUT2D eigenvalue weighted by molar-refractivity contribution is -0.118. The van der Waals surface area contributed by atoms with E-state index in [-0.39, 0.29) is 17.4 Å². The molecule has 2 heterocycles. The quantitative estimate of drug-likeness (QED) is 0.865. The van der Waals surface area contributed by atoms with Crippen LogP contribution >= 0.6 is 11.3 Å². The number of rotatable bonds is 2. The first kappa shape index (κ1) is 13.5. The van der Waals surface area contributed by atoms with E-state index in [1.54, 1.807) is 0 Å². The normalized spacial score (nSPS) is 24.2. The summed E-state index contributed by atoms with van der Waals surface area (Å²) in [7, 11) is 0. The molecule has 1 saturated heterocycles. The van der Waals surface area contributed by atoms with Gasteiger partial charge < -0.3 is 10.6 Å². The van der Waals surface area contributed by atoms with Crippen LogP contribution in [0.3, 0.4) is 0 Å². The van der Waals surface area contributed by atoms with Gasteiger partial charge in [0.2, 0.25) is 5.91 Å². The maximum absolute atomic E-state index is 12.1. The van der Waals surface area contributed by atoms with Gasteiger partial charge >= 0.3 is 0 Å². The fraction of sp³-hybridized carbons (Fsp3) is 0.692. The zero-order valence-corrected chi connectivity index (χ0v) is 12.2. The number of aromatic nitrogens is 1. The molecule has 0 radical (unpaired) electrons. The van der Waals surface area contributed by atoms with Gasteiger partial charge in [0.05, 0.1) is 11.7 Å². The topological polar surface area (TPSA) is 54.0 Å². The predicted octanol–water partition coefficient (Wildman–Crippen LogP) is 2.38. The molecule has 100 valence electrons. The molecule has 0 saturated carbocycles. The van der Waals surface area contributed by atoms with Gasteiger partial charge in [-0.25, -0.2) is 4.98 Å². The van der Waals surface area contributed by atoms with Crippen LogP contribution in [0.5, 0.6) is 0 Å². The first-order valence-electron chi connectivity index (χ1n) is 6.38. The van der Waals surface area contributed by atoms with Crippen LogP contribution in [-0.2, 0) is 10.2 Å². The van der Waals surface area contributed by atoms with Crippen LogP contribution in [0.4, 0.5) is 5.13 Å². The summed E-state index contributed by atoms with van der Waals surface area (Å²) >= 11 is 1.49. The number of amides is 1. The maximum Gasteiger partial charge on any atom is 0.243 e. The summed E-state index contributed by atoms with van der Waals surface area (Å²) in [5, 5.41) is 8.86. The molecule has 0 aromatic carbocycles. The van der Waals surface area contributed by atoms with E-state index in [1.807, 2.05) is 5.38 Å². The van der Waals surface area contributed by atoms with E-state index in [2.05, 4.69) is 43.3 Å². The van der Waals surface area contributed by atoms with E-state index >= 15 is 0 Å². The first-order chi connectivity index (χ1) is 8.38. The average molecular weight is 267 g/mol. The molecule has 1 aliphatic rings. The van der Waals surface area contributed by atoms with Crippen LogP contribution in [0.15, 0.2) is 5.38 Å². The van der Waals surface area contributed by atoms with Crippen LogP contribution in [0, 0.1) is 5.92 Å². The second kappa shape index (κ2) is 4.97. The van der Waals surface area contributed by atoms with Crippen LogP contribution in [-0.4, -0.2) is 23.5 Å². The number of carbonyl (C=O) groups excluding carboxylic acids is 1. The highest BCUT2D eigenvalue weighted by molar-refractivity contribution is 7.13.